The van der Waals surface area contributed by atoms with Crippen LogP contribution in [0.15, 0.2) is 18.2 Å². The molecule has 1 aromatic rings. The average Bonchev–Trinajstić information content (AvgIpc) is 2.91. The van der Waals surface area contributed by atoms with Gasteiger partial charge in [-0.1, -0.05) is 23.7 Å². The maximum Gasteiger partial charge on any atom is 0.228 e. The van der Waals surface area contributed by atoms with Crippen LogP contribution in [0.1, 0.15) is 17.5 Å². The molecule has 4 heteroatoms. The molecule has 0 N–H and O–H groups in total. The molecule has 1 unspecified atom stereocenters. The Labute approximate surface area is 112 Å². The Morgan fingerprint density at radius 1 is 1.44 bits per heavy atom. The van der Waals surface area contributed by atoms with Crippen molar-refractivity contribution in [3.05, 3.63) is 34.3 Å². The van der Waals surface area contributed by atoms with Gasteiger partial charge in [-0.25, -0.2) is 0 Å². The minimum Gasteiger partial charge on any atom is -0.381 e. The van der Waals surface area contributed by atoms with Crippen molar-refractivity contribution < 1.29 is 9.53 Å². The monoisotopic (exact) mass is 265 g/mol. The zero-order chi connectivity index (χ0) is 12.5. The molecule has 1 amide bonds. The normalized spacial score (nSPS) is 22.9. The fourth-order valence-corrected chi connectivity index (χ4v) is 3.03. The molecule has 1 atom stereocenters. The van der Waals surface area contributed by atoms with Crippen molar-refractivity contribution in [3.8, 4) is 0 Å². The first-order valence-electron chi connectivity index (χ1n) is 6.38. The smallest absolute Gasteiger partial charge is 0.228 e. The third-order valence-electron chi connectivity index (χ3n) is 3.80. The van der Waals surface area contributed by atoms with E-state index in [1.54, 1.807) is 0 Å². The van der Waals surface area contributed by atoms with Gasteiger partial charge in [0.1, 0.15) is 0 Å². The van der Waals surface area contributed by atoms with Crippen LogP contribution in [0, 0.1) is 5.92 Å². The summed E-state index contributed by atoms with van der Waals surface area (Å²) in [4.78, 5) is 14.3. The molecule has 1 saturated heterocycles. The van der Waals surface area contributed by atoms with E-state index in [1.165, 1.54) is 11.1 Å². The molecular formula is C14H16ClNO2. The summed E-state index contributed by atoms with van der Waals surface area (Å²) >= 11 is 6.17. The average molecular weight is 266 g/mol. The predicted molar refractivity (Wildman–Crippen MR) is 69.5 cm³/mol. The molecule has 0 bridgehead atoms. The lowest BCUT2D eigenvalue weighted by atomic mass is 9.98. The number of hydrogen-bond acceptors (Lipinski definition) is 2. The third-order valence-corrected chi connectivity index (χ3v) is 4.15. The molecule has 3 nitrogen and oxygen atoms in total. The van der Waals surface area contributed by atoms with E-state index in [9.17, 15) is 4.79 Å². The van der Waals surface area contributed by atoms with E-state index >= 15 is 0 Å². The summed E-state index contributed by atoms with van der Waals surface area (Å²) in [6, 6.07) is 5.93. The highest BCUT2D eigenvalue weighted by molar-refractivity contribution is 6.31. The topological polar surface area (TPSA) is 29.5 Å². The zero-order valence-electron chi connectivity index (χ0n) is 10.2. The number of amides is 1. The van der Waals surface area contributed by atoms with E-state index in [2.05, 4.69) is 6.07 Å². The second-order valence-electron chi connectivity index (χ2n) is 4.95. The highest BCUT2D eigenvalue weighted by Gasteiger charge is 2.30. The lowest BCUT2D eigenvalue weighted by Gasteiger charge is -2.31. The standard InChI is InChI=1S/C14H16ClNO2/c15-13-3-1-2-10-8-16(6-4-12(10)13)14(17)11-5-7-18-9-11/h1-3,11H,4-9H2. The lowest BCUT2D eigenvalue weighted by Crippen LogP contribution is -2.40. The van der Waals surface area contributed by atoms with E-state index in [0.29, 0.717) is 19.8 Å². The summed E-state index contributed by atoms with van der Waals surface area (Å²) < 4.78 is 5.29. The number of halogens is 1. The van der Waals surface area contributed by atoms with E-state index in [1.807, 2.05) is 17.0 Å². The molecule has 0 aliphatic carbocycles. The largest absolute Gasteiger partial charge is 0.381 e. The van der Waals surface area contributed by atoms with E-state index < -0.39 is 0 Å². The van der Waals surface area contributed by atoms with Crippen molar-refractivity contribution in [3.63, 3.8) is 0 Å². The van der Waals surface area contributed by atoms with Gasteiger partial charge in [0.05, 0.1) is 12.5 Å². The first-order valence-corrected chi connectivity index (χ1v) is 6.76. The highest BCUT2D eigenvalue weighted by Crippen LogP contribution is 2.27. The quantitative estimate of drug-likeness (QED) is 0.780. The van der Waals surface area contributed by atoms with Gasteiger partial charge in [-0.05, 0) is 30.0 Å². The van der Waals surface area contributed by atoms with Crippen molar-refractivity contribution in [1.82, 2.24) is 4.90 Å². The molecular weight excluding hydrogens is 250 g/mol. The van der Waals surface area contributed by atoms with Crippen LogP contribution < -0.4 is 0 Å². The summed E-state index contributed by atoms with van der Waals surface area (Å²) in [5.41, 5.74) is 2.38. The van der Waals surface area contributed by atoms with Crippen LogP contribution in [-0.2, 0) is 22.5 Å². The van der Waals surface area contributed by atoms with Gasteiger partial charge in [0.25, 0.3) is 0 Å². The number of rotatable bonds is 1. The molecule has 0 saturated carbocycles. The van der Waals surface area contributed by atoms with E-state index in [4.69, 9.17) is 16.3 Å². The fraction of sp³-hybridized carbons (Fsp3) is 0.500. The van der Waals surface area contributed by atoms with Crippen LogP contribution in [0.5, 0.6) is 0 Å². The number of carbonyl (C=O) groups is 1. The van der Waals surface area contributed by atoms with Crippen molar-refractivity contribution in [2.45, 2.75) is 19.4 Å². The zero-order valence-corrected chi connectivity index (χ0v) is 10.9. The van der Waals surface area contributed by atoms with Gasteiger partial charge in [-0.3, -0.25) is 4.79 Å². The van der Waals surface area contributed by atoms with Crippen LogP contribution in [0.4, 0.5) is 0 Å². The number of fused-ring (bicyclic) bond motifs is 1. The predicted octanol–water partition coefficient (Wildman–Crippen LogP) is 2.26. The molecule has 18 heavy (non-hydrogen) atoms. The van der Waals surface area contributed by atoms with Gasteiger partial charge in [0, 0.05) is 24.7 Å². The summed E-state index contributed by atoms with van der Waals surface area (Å²) in [6.45, 7) is 2.75. The van der Waals surface area contributed by atoms with Gasteiger partial charge >= 0.3 is 0 Å². The number of nitrogens with zero attached hydrogens (tertiary/aromatic N) is 1. The fourth-order valence-electron chi connectivity index (χ4n) is 2.74. The summed E-state index contributed by atoms with van der Waals surface area (Å²) in [5, 5.41) is 0.823. The van der Waals surface area contributed by atoms with Crippen LogP contribution >= 0.6 is 11.6 Å². The lowest BCUT2D eigenvalue weighted by molar-refractivity contribution is -0.136. The molecule has 2 aliphatic heterocycles. The minimum atomic E-state index is 0.0609. The Morgan fingerprint density at radius 3 is 3.11 bits per heavy atom. The molecule has 96 valence electrons. The second-order valence-corrected chi connectivity index (χ2v) is 5.36. The molecule has 2 aliphatic rings. The van der Waals surface area contributed by atoms with Gasteiger partial charge in [0.15, 0.2) is 0 Å². The van der Waals surface area contributed by atoms with E-state index in [0.717, 1.165) is 24.4 Å². The van der Waals surface area contributed by atoms with Gasteiger partial charge in [-0.15, -0.1) is 0 Å². The maximum atomic E-state index is 12.3. The first-order chi connectivity index (χ1) is 8.75. The molecule has 1 fully saturated rings. The number of carbonyl (C=O) groups excluding carboxylic acids is 1. The van der Waals surface area contributed by atoms with Crippen LogP contribution in [-0.4, -0.2) is 30.6 Å². The number of ether oxygens (including phenoxy) is 1. The summed E-state index contributed by atoms with van der Waals surface area (Å²) in [5.74, 6) is 0.295. The molecule has 1 aromatic carbocycles. The molecule has 0 aromatic heterocycles. The Morgan fingerprint density at radius 2 is 2.33 bits per heavy atom. The Kier molecular flexibility index (Phi) is 3.27. The summed E-state index contributed by atoms with van der Waals surface area (Å²) in [7, 11) is 0. The molecule has 0 radical (unpaired) electrons. The van der Waals surface area contributed by atoms with Crippen molar-refractivity contribution in [2.75, 3.05) is 19.8 Å². The van der Waals surface area contributed by atoms with Crippen LogP contribution in [0.2, 0.25) is 5.02 Å². The van der Waals surface area contributed by atoms with Crippen LogP contribution in [0.3, 0.4) is 0 Å². The highest BCUT2D eigenvalue weighted by atomic mass is 35.5. The maximum absolute atomic E-state index is 12.3. The number of hydrogen-bond donors (Lipinski definition) is 0. The van der Waals surface area contributed by atoms with Crippen molar-refractivity contribution in [1.29, 1.82) is 0 Å². The molecule has 0 spiro atoms. The van der Waals surface area contributed by atoms with Gasteiger partial charge in [0.2, 0.25) is 5.91 Å². The van der Waals surface area contributed by atoms with Crippen LogP contribution in [0.25, 0.3) is 0 Å². The van der Waals surface area contributed by atoms with Gasteiger partial charge < -0.3 is 9.64 Å². The first kappa shape index (κ1) is 12.0. The second kappa shape index (κ2) is 4.90. The van der Waals surface area contributed by atoms with Gasteiger partial charge in [-0.2, -0.15) is 0 Å². The third kappa shape index (κ3) is 2.13. The molecule has 2 heterocycles. The summed E-state index contributed by atoms with van der Waals surface area (Å²) in [6.07, 6.45) is 1.71. The van der Waals surface area contributed by atoms with Crippen molar-refractivity contribution >= 4 is 17.5 Å². The number of benzene rings is 1. The SMILES string of the molecule is O=C(C1CCOC1)N1CCc2c(Cl)cccc2C1. The Balaban J connectivity index is 1.76. The molecule has 3 rings (SSSR count). The van der Waals surface area contributed by atoms with Crippen molar-refractivity contribution in [2.24, 2.45) is 5.92 Å². The minimum absolute atomic E-state index is 0.0609. The Hall–Kier alpha value is -1.06. The Bertz CT molecular complexity index is 469. The van der Waals surface area contributed by atoms with E-state index in [-0.39, 0.29) is 11.8 Å².